The second-order valence-electron chi connectivity index (χ2n) is 3.96. The summed E-state index contributed by atoms with van der Waals surface area (Å²) in [5, 5.41) is 4.48. The number of nitrogen functional groups attached to an aromatic ring is 1. The Labute approximate surface area is 123 Å². The Morgan fingerprint density at radius 3 is 2.71 bits per heavy atom. The number of aromatic nitrogens is 2. The molecule has 1 aromatic heterocycles. The van der Waals surface area contributed by atoms with Gasteiger partial charge in [-0.25, -0.2) is 4.68 Å². The third-order valence-corrected chi connectivity index (χ3v) is 4.57. The summed E-state index contributed by atoms with van der Waals surface area (Å²) in [6, 6.07) is 8.34. The molecule has 90 valence electrons. The average Bonchev–Trinajstić information content (AvgIpc) is 2.56. The Morgan fingerprint density at radius 1 is 1.47 bits per heavy atom. The van der Waals surface area contributed by atoms with Crippen molar-refractivity contribution in [1.29, 1.82) is 0 Å². The van der Waals surface area contributed by atoms with Crippen molar-refractivity contribution in [3.8, 4) is 0 Å². The van der Waals surface area contributed by atoms with E-state index >= 15 is 0 Å². The van der Waals surface area contributed by atoms with Gasteiger partial charge in [0.1, 0.15) is 5.82 Å². The topological polar surface area (TPSA) is 43.8 Å². The lowest BCUT2D eigenvalue weighted by molar-refractivity contribution is 0.568. The van der Waals surface area contributed by atoms with Crippen molar-refractivity contribution >= 4 is 44.3 Å². The predicted octanol–water partition coefficient (Wildman–Crippen LogP) is 3.75. The molecule has 0 bridgehead atoms. The minimum absolute atomic E-state index is 0.134. The van der Waals surface area contributed by atoms with Crippen LogP contribution < -0.4 is 5.73 Å². The van der Waals surface area contributed by atoms with Crippen LogP contribution in [0.5, 0.6) is 0 Å². The number of hydrogen-bond donors (Lipinski definition) is 1. The fourth-order valence-corrected chi connectivity index (χ4v) is 2.52. The molecule has 0 saturated carbocycles. The van der Waals surface area contributed by atoms with E-state index in [1.54, 1.807) is 0 Å². The second-order valence-corrected chi connectivity index (χ2v) is 5.95. The summed E-state index contributed by atoms with van der Waals surface area (Å²) < 4.78 is 3.97. The molecule has 0 aliphatic carbocycles. The van der Waals surface area contributed by atoms with Crippen LogP contribution in [0.4, 0.5) is 5.82 Å². The van der Waals surface area contributed by atoms with E-state index in [9.17, 15) is 0 Å². The van der Waals surface area contributed by atoms with E-state index in [1.165, 1.54) is 5.56 Å². The first-order chi connectivity index (χ1) is 8.00. The molecule has 5 heteroatoms. The summed E-state index contributed by atoms with van der Waals surface area (Å²) >= 11 is 5.71. The Bertz CT molecular complexity index is 551. The first-order valence-electron chi connectivity index (χ1n) is 5.26. The van der Waals surface area contributed by atoms with Crippen LogP contribution in [0.2, 0.25) is 0 Å². The van der Waals surface area contributed by atoms with E-state index in [1.807, 2.05) is 23.7 Å². The van der Waals surface area contributed by atoms with Gasteiger partial charge in [-0.05, 0) is 54.1 Å². The minimum atomic E-state index is 0.134. The zero-order valence-corrected chi connectivity index (χ0v) is 13.4. The summed E-state index contributed by atoms with van der Waals surface area (Å²) in [7, 11) is 0. The van der Waals surface area contributed by atoms with Crippen molar-refractivity contribution in [1.82, 2.24) is 9.78 Å². The fraction of sp³-hybridized carbons (Fsp3) is 0.250. The van der Waals surface area contributed by atoms with Gasteiger partial charge in [-0.15, -0.1) is 0 Å². The van der Waals surface area contributed by atoms with Gasteiger partial charge in [0, 0.05) is 4.47 Å². The van der Waals surface area contributed by atoms with Crippen LogP contribution in [0.3, 0.4) is 0 Å². The minimum Gasteiger partial charge on any atom is -0.383 e. The second kappa shape index (κ2) is 4.97. The molecule has 2 aromatic rings. The highest BCUT2D eigenvalue weighted by molar-refractivity contribution is 14.1. The first-order valence-corrected chi connectivity index (χ1v) is 7.13. The predicted molar refractivity (Wildman–Crippen MR) is 82.0 cm³/mol. The molecular formula is C12H13BrIN3. The Morgan fingerprint density at radius 2 is 2.18 bits per heavy atom. The van der Waals surface area contributed by atoms with Gasteiger partial charge in [-0.1, -0.05) is 28.1 Å². The third-order valence-electron chi connectivity index (χ3n) is 2.75. The highest BCUT2D eigenvalue weighted by Gasteiger charge is 2.16. The molecule has 1 unspecified atom stereocenters. The van der Waals surface area contributed by atoms with Crippen LogP contribution in [0.1, 0.15) is 24.2 Å². The summed E-state index contributed by atoms with van der Waals surface area (Å²) in [5.74, 6) is 0.732. The van der Waals surface area contributed by atoms with E-state index in [4.69, 9.17) is 5.73 Å². The number of rotatable bonds is 2. The smallest absolute Gasteiger partial charge is 0.136 e. The monoisotopic (exact) mass is 405 g/mol. The van der Waals surface area contributed by atoms with E-state index in [0.29, 0.717) is 0 Å². The van der Waals surface area contributed by atoms with Crippen molar-refractivity contribution in [3.05, 3.63) is 43.6 Å². The maximum Gasteiger partial charge on any atom is 0.136 e. The molecule has 0 aliphatic heterocycles. The molecule has 0 aliphatic rings. The molecule has 2 rings (SSSR count). The summed E-state index contributed by atoms with van der Waals surface area (Å²) in [5.41, 5.74) is 8.22. The zero-order chi connectivity index (χ0) is 12.6. The van der Waals surface area contributed by atoms with Crippen molar-refractivity contribution < 1.29 is 0 Å². The number of benzene rings is 1. The normalized spacial score (nSPS) is 12.7. The van der Waals surface area contributed by atoms with Crippen molar-refractivity contribution in [2.45, 2.75) is 19.9 Å². The summed E-state index contributed by atoms with van der Waals surface area (Å²) in [6.45, 7) is 4.07. The van der Waals surface area contributed by atoms with Crippen LogP contribution in [-0.2, 0) is 0 Å². The standard InChI is InChI=1S/C12H13BrIN3/c1-7-11(14)12(15)17(16-7)8(2)9-4-3-5-10(13)6-9/h3-6,8H,15H2,1-2H3. The third kappa shape index (κ3) is 2.49. The molecule has 0 spiro atoms. The molecule has 0 fully saturated rings. The number of hydrogen-bond acceptors (Lipinski definition) is 2. The zero-order valence-electron chi connectivity index (χ0n) is 9.61. The van der Waals surface area contributed by atoms with Gasteiger partial charge in [0.25, 0.3) is 0 Å². The molecule has 0 amide bonds. The average molecular weight is 406 g/mol. The quantitative estimate of drug-likeness (QED) is 0.773. The maximum absolute atomic E-state index is 6.06. The number of aryl methyl sites for hydroxylation is 1. The SMILES string of the molecule is Cc1nn(C(C)c2cccc(Br)c2)c(N)c1I. The molecule has 1 atom stereocenters. The maximum atomic E-state index is 6.06. The fourth-order valence-electron chi connectivity index (χ4n) is 1.75. The largest absolute Gasteiger partial charge is 0.383 e. The van der Waals surface area contributed by atoms with E-state index in [-0.39, 0.29) is 6.04 Å². The van der Waals surface area contributed by atoms with Gasteiger partial charge in [0.15, 0.2) is 0 Å². The molecule has 0 saturated heterocycles. The van der Waals surface area contributed by atoms with E-state index in [0.717, 1.165) is 19.6 Å². The van der Waals surface area contributed by atoms with Gasteiger partial charge in [-0.3, -0.25) is 0 Å². The Kier molecular flexibility index (Phi) is 3.77. The first kappa shape index (κ1) is 12.9. The van der Waals surface area contributed by atoms with Gasteiger partial charge in [-0.2, -0.15) is 5.10 Å². The number of anilines is 1. The van der Waals surface area contributed by atoms with Crippen LogP contribution in [-0.4, -0.2) is 9.78 Å². The van der Waals surface area contributed by atoms with E-state index in [2.05, 4.69) is 62.7 Å². The summed E-state index contributed by atoms with van der Waals surface area (Å²) in [4.78, 5) is 0. The molecule has 3 nitrogen and oxygen atoms in total. The molecule has 0 radical (unpaired) electrons. The van der Waals surface area contributed by atoms with Crippen molar-refractivity contribution in [2.75, 3.05) is 5.73 Å². The highest BCUT2D eigenvalue weighted by Crippen LogP contribution is 2.27. The van der Waals surface area contributed by atoms with Crippen molar-refractivity contribution in [3.63, 3.8) is 0 Å². The Balaban J connectivity index is 2.43. The van der Waals surface area contributed by atoms with Gasteiger partial charge < -0.3 is 5.73 Å². The van der Waals surface area contributed by atoms with Crippen LogP contribution in [0.15, 0.2) is 28.7 Å². The van der Waals surface area contributed by atoms with Crippen LogP contribution in [0, 0.1) is 10.5 Å². The highest BCUT2D eigenvalue weighted by atomic mass is 127. The number of halogens is 2. The van der Waals surface area contributed by atoms with Crippen LogP contribution >= 0.6 is 38.5 Å². The van der Waals surface area contributed by atoms with Gasteiger partial charge >= 0.3 is 0 Å². The molecular weight excluding hydrogens is 393 g/mol. The molecule has 1 aromatic carbocycles. The number of nitrogens with two attached hydrogens (primary N) is 1. The molecule has 17 heavy (non-hydrogen) atoms. The van der Waals surface area contributed by atoms with Gasteiger partial charge in [0.2, 0.25) is 0 Å². The lowest BCUT2D eigenvalue weighted by atomic mass is 10.1. The molecule has 2 N–H and O–H groups in total. The summed E-state index contributed by atoms with van der Waals surface area (Å²) in [6.07, 6.45) is 0. The number of nitrogens with zero attached hydrogens (tertiary/aromatic N) is 2. The lowest BCUT2D eigenvalue weighted by Gasteiger charge is -2.14. The molecule has 1 heterocycles. The van der Waals surface area contributed by atoms with E-state index < -0.39 is 0 Å². The van der Waals surface area contributed by atoms with Gasteiger partial charge in [0.05, 0.1) is 15.3 Å². The van der Waals surface area contributed by atoms with Crippen LogP contribution in [0.25, 0.3) is 0 Å². The van der Waals surface area contributed by atoms with Crippen molar-refractivity contribution in [2.24, 2.45) is 0 Å². The lowest BCUT2D eigenvalue weighted by Crippen LogP contribution is -2.11. The Hall–Kier alpha value is -0.560.